The minimum absolute atomic E-state index is 0.0561. The second-order valence-corrected chi connectivity index (χ2v) is 17.5. The van der Waals surface area contributed by atoms with Crippen LogP contribution in [0.25, 0.3) is 32.3 Å². The number of rotatable bonds is 10. The van der Waals surface area contributed by atoms with E-state index in [1.807, 2.05) is 67.6 Å². The van der Waals surface area contributed by atoms with Crippen LogP contribution in [0.15, 0.2) is 83.9 Å². The zero-order chi connectivity index (χ0) is 38.9. The van der Waals surface area contributed by atoms with Crippen LogP contribution in [0.2, 0.25) is 0 Å². The molecule has 0 radical (unpaired) electrons. The van der Waals surface area contributed by atoms with Gasteiger partial charge in [0.1, 0.15) is 17.0 Å². The number of thiophene rings is 2. The lowest BCUT2D eigenvalue weighted by molar-refractivity contribution is -0.123. The first-order valence-electron chi connectivity index (χ1n) is 18.2. The van der Waals surface area contributed by atoms with Gasteiger partial charge in [0.2, 0.25) is 0 Å². The number of fused-ring (bicyclic) bond motifs is 1. The molecule has 4 aromatic rings. The molecule has 54 heavy (non-hydrogen) atoms. The van der Waals surface area contributed by atoms with E-state index >= 15 is 0 Å². The van der Waals surface area contributed by atoms with Crippen LogP contribution in [-0.2, 0) is 19.1 Å². The van der Waals surface area contributed by atoms with E-state index < -0.39 is 35.2 Å². The molecular formula is C43H46N2O7S2. The summed E-state index contributed by atoms with van der Waals surface area (Å²) in [7, 11) is 0. The fourth-order valence-corrected chi connectivity index (χ4v) is 8.23. The Hall–Kier alpha value is -5.00. The predicted molar refractivity (Wildman–Crippen MR) is 214 cm³/mol. The maximum Gasteiger partial charge on any atom is 0.422 e. The van der Waals surface area contributed by atoms with Crippen molar-refractivity contribution in [2.45, 2.75) is 92.3 Å². The first kappa shape index (κ1) is 38.7. The number of hydrogen-bond donors (Lipinski definition) is 0. The number of hydrogen-bond acceptors (Lipinski definition) is 9. The van der Waals surface area contributed by atoms with Crippen molar-refractivity contribution in [2.24, 2.45) is 0 Å². The van der Waals surface area contributed by atoms with Crippen LogP contribution in [-0.4, -0.2) is 51.6 Å². The molecule has 0 saturated heterocycles. The fraction of sp³-hybridized carbons (Fsp3) is 0.349. The van der Waals surface area contributed by atoms with Gasteiger partial charge in [0.25, 0.3) is 11.8 Å². The minimum Gasteiger partial charge on any atom is -0.494 e. The number of ether oxygens (including phenoxy) is 3. The van der Waals surface area contributed by atoms with Crippen LogP contribution in [0.3, 0.4) is 0 Å². The lowest BCUT2D eigenvalue weighted by Crippen LogP contribution is -2.40. The third-order valence-electron chi connectivity index (χ3n) is 8.58. The van der Waals surface area contributed by atoms with Gasteiger partial charge in [-0.25, -0.2) is 19.4 Å². The molecule has 282 valence electrons. The van der Waals surface area contributed by atoms with Gasteiger partial charge >= 0.3 is 12.2 Å². The van der Waals surface area contributed by atoms with Gasteiger partial charge in [-0.3, -0.25) is 9.59 Å². The lowest BCUT2D eigenvalue weighted by atomic mass is 10.1. The summed E-state index contributed by atoms with van der Waals surface area (Å²) in [6.45, 7) is 15.1. The highest BCUT2D eigenvalue weighted by molar-refractivity contribution is 7.17. The van der Waals surface area contributed by atoms with E-state index in [1.165, 1.54) is 35.5 Å². The van der Waals surface area contributed by atoms with Gasteiger partial charge in [-0.2, -0.15) is 0 Å². The molecule has 0 fully saturated rings. The topological polar surface area (TPSA) is 102 Å². The van der Waals surface area contributed by atoms with Crippen molar-refractivity contribution < 1.29 is 33.4 Å². The molecule has 2 aromatic carbocycles. The van der Waals surface area contributed by atoms with Crippen molar-refractivity contribution in [3.8, 4) is 26.6 Å². The van der Waals surface area contributed by atoms with E-state index in [-0.39, 0.29) is 22.5 Å². The number of benzene rings is 2. The number of nitrogens with zero attached hydrogens (tertiary/aromatic N) is 2. The molecule has 2 aliphatic rings. The average Bonchev–Trinajstić information content (AvgIpc) is 3.88. The zero-order valence-electron chi connectivity index (χ0n) is 32.0. The van der Waals surface area contributed by atoms with E-state index in [1.54, 1.807) is 53.7 Å². The Labute approximate surface area is 324 Å². The Morgan fingerprint density at radius 2 is 1.02 bits per heavy atom. The van der Waals surface area contributed by atoms with Gasteiger partial charge in [-0.05, 0) is 115 Å². The summed E-state index contributed by atoms with van der Waals surface area (Å²) in [6.07, 6.45) is 2.64. The molecule has 4 heterocycles. The molecule has 6 rings (SSSR count). The largest absolute Gasteiger partial charge is 0.494 e. The van der Waals surface area contributed by atoms with Crippen LogP contribution in [0.5, 0.6) is 5.75 Å². The van der Waals surface area contributed by atoms with Crippen LogP contribution in [0, 0.1) is 6.92 Å². The fourth-order valence-electron chi connectivity index (χ4n) is 6.13. The number of unbranched alkanes of at least 4 members (excludes halogenated alkanes) is 3. The third kappa shape index (κ3) is 8.22. The Morgan fingerprint density at radius 3 is 1.44 bits per heavy atom. The van der Waals surface area contributed by atoms with Gasteiger partial charge in [-0.15, -0.1) is 22.7 Å². The van der Waals surface area contributed by atoms with Gasteiger partial charge < -0.3 is 14.2 Å². The highest BCUT2D eigenvalue weighted by Gasteiger charge is 2.54. The van der Waals surface area contributed by atoms with E-state index in [2.05, 4.69) is 6.92 Å². The van der Waals surface area contributed by atoms with Gasteiger partial charge in [0, 0.05) is 9.75 Å². The van der Waals surface area contributed by atoms with Crippen LogP contribution < -0.4 is 4.74 Å². The SMILES string of the molecule is CCCCCCOc1ccc(-c2ccc(C3=C4C(=O)N(C(=O)OC(C)(C)C)C(c5ccc(-c6ccc(C)cc6)s5)=C4C(=O)N3C(=O)OC(C)(C)C)s2)cc1. The molecule has 0 saturated carbocycles. The number of amides is 4. The summed E-state index contributed by atoms with van der Waals surface area (Å²) in [5.41, 5.74) is 1.10. The standard InChI is InChI=1S/C43H46N2O7S2/c1-9-10-11-12-25-50-29-19-17-28(18-20-29)31-22-24-33(54-31)37-35-34(38(46)45(37)41(49)52-43(6,7)8)36(44(39(35)47)40(48)51-42(3,4)5)32-23-21-30(53-32)27-15-13-26(2)14-16-27/h13-24H,9-12,25H2,1-8H3. The molecule has 4 amide bonds. The van der Waals surface area contributed by atoms with Crippen LogP contribution >= 0.6 is 22.7 Å². The first-order chi connectivity index (χ1) is 25.6. The Bertz CT molecular complexity index is 2140. The summed E-state index contributed by atoms with van der Waals surface area (Å²) in [4.78, 5) is 61.6. The molecule has 0 atom stereocenters. The molecule has 2 aliphatic heterocycles. The summed E-state index contributed by atoms with van der Waals surface area (Å²) >= 11 is 2.65. The van der Waals surface area contributed by atoms with Crippen molar-refractivity contribution in [3.05, 3.63) is 99.3 Å². The van der Waals surface area contributed by atoms with Crippen molar-refractivity contribution >= 4 is 58.1 Å². The second-order valence-electron chi connectivity index (χ2n) is 15.3. The van der Waals surface area contributed by atoms with Crippen LogP contribution in [0.1, 0.15) is 89.5 Å². The van der Waals surface area contributed by atoms with Gasteiger partial charge in [-0.1, -0.05) is 56.0 Å². The van der Waals surface area contributed by atoms with Crippen molar-refractivity contribution in [1.82, 2.24) is 9.80 Å². The Balaban J connectivity index is 1.46. The number of carbonyl (C=O) groups excluding carboxylic acids is 4. The van der Waals surface area contributed by atoms with Crippen molar-refractivity contribution in [3.63, 3.8) is 0 Å². The van der Waals surface area contributed by atoms with Crippen LogP contribution in [0.4, 0.5) is 9.59 Å². The third-order valence-corrected chi connectivity index (χ3v) is 10.9. The Morgan fingerprint density at radius 1 is 0.593 bits per heavy atom. The van der Waals surface area contributed by atoms with Crippen molar-refractivity contribution in [2.75, 3.05) is 6.61 Å². The summed E-state index contributed by atoms with van der Waals surface area (Å²) < 4.78 is 17.4. The normalized spacial score (nSPS) is 14.7. The smallest absolute Gasteiger partial charge is 0.422 e. The molecule has 0 N–H and O–H groups in total. The summed E-state index contributed by atoms with van der Waals surface area (Å²) in [5, 5.41) is 0. The van der Waals surface area contributed by atoms with Gasteiger partial charge in [0.05, 0.1) is 38.9 Å². The molecule has 0 spiro atoms. The highest BCUT2D eigenvalue weighted by Crippen LogP contribution is 2.50. The molecule has 11 heteroatoms. The van der Waals surface area contributed by atoms with E-state index in [4.69, 9.17) is 14.2 Å². The number of aryl methyl sites for hydroxylation is 1. The molecule has 9 nitrogen and oxygen atoms in total. The molecule has 0 bridgehead atoms. The summed E-state index contributed by atoms with van der Waals surface area (Å²) in [6, 6.07) is 23.1. The predicted octanol–water partition coefficient (Wildman–Crippen LogP) is 11.1. The molecule has 2 aromatic heterocycles. The van der Waals surface area contributed by atoms with E-state index in [0.29, 0.717) is 16.4 Å². The zero-order valence-corrected chi connectivity index (χ0v) is 33.7. The quantitative estimate of drug-likeness (QED) is 0.148. The van der Waals surface area contributed by atoms with Gasteiger partial charge in [0.15, 0.2) is 0 Å². The maximum atomic E-state index is 14.6. The van der Waals surface area contributed by atoms with E-state index in [9.17, 15) is 19.2 Å². The lowest BCUT2D eigenvalue weighted by Gasteiger charge is -2.27. The summed E-state index contributed by atoms with van der Waals surface area (Å²) in [5.74, 6) is -0.747. The monoisotopic (exact) mass is 766 g/mol. The minimum atomic E-state index is -0.939. The van der Waals surface area contributed by atoms with E-state index in [0.717, 1.165) is 54.8 Å². The maximum absolute atomic E-state index is 14.6. The number of imide groups is 2. The number of carbonyl (C=O) groups is 4. The second kappa shape index (κ2) is 15.4. The molecular weight excluding hydrogens is 721 g/mol. The molecule has 0 unspecified atom stereocenters. The Kier molecular flexibility index (Phi) is 11.0. The first-order valence-corrected chi connectivity index (χ1v) is 19.8. The van der Waals surface area contributed by atoms with Crippen molar-refractivity contribution in [1.29, 1.82) is 0 Å². The average molecular weight is 767 g/mol. The highest BCUT2D eigenvalue weighted by atomic mass is 32.1. The molecule has 0 aliphatic carbocycles.